The first kappa shape index (κ1) is 13.1. The van der Waals surface area contributed by atoms with Crippen LogP contribution in [-0.4, -0.2) is 4.98 Å². The van der Waals surface area contributed by atoms with Gasteiger partial charge in [-0.15, -0.1) is 11.3 Å². The number of pyridine rings is 1. The first-order chi connectivity index (χ1) is 9.76. The zero-order chi connectivity index (χ0) is 13.9. The Balaban J connectivity index is 1.86. The van der Waals surface area contributed by atoms with Crippen molar-refractivity contribution >= 4 is 43.9 Å². The van der Waals surface area contributed by atoms with Gasteiger partial charge in [0.15, 0.2) is 0 Å². The topological polar surface area (TPSA) is 48.7 Å². The summed E-state index contributed by atoms with van der Waals surface area (Å²) >= 11 is 5.02. The SMILES string of the molecule is N#Cc1csc(CNc2cccc3cc(Br)cnc23)c1. The van der Waals surface area contributed by atoms with Crippen molar-refractivity contribution in [2.75, 3.05) is 5.32 Å². The second-order valence-electron chi connectivity index (χ2n) is 4.30. The minimum atomic E-state index is 0.698. The van der Waals surface area contributed by atoms with Crippen molar-refractivity contribution in [3.63, 3.8) is 0 Å². The van der Waals surface area contributed by atoms with Crippen LogP contribution in [0.25, 0.3) is 10.9 Å². The van der Waals surface area contributed by atoms with Gasteiger partial charge in [-0.1, -0.05) is 12.1 Å². The number of para-hydroxylation sites is 1. The highest BCUT2D eigenvalue weighted by Gasteiger charge is 2.04. The van der Waals surface area contributed by atoms with Crippen LogP contribution in [0.2, 0.25) is 0 Å². The summed E-state index contributed by atoms with van der Waals surface area (Å²) in [6, 6.07) is 12.2. The van der Waals surface area contributed by atoms with Gasteiger partial charge in [-0.2, -0.15) is 5.26 Å². The highest BCUT2D eigenvalue weighted by atomic mass is 79.9. The number of anilines is 1. The summed E-state index contributed by atoms with van der Waals surface area (Å²) < 4.78 is 0.971. The van der Waals surface area contributed by atoms with Gasteiger partial charge in [-0.3, -0.25) is 4.98 Å². The molecule has 0 spiro atoms. The largest absolute Gasteiger partial charge is 0.378 e. The van der Waals surface area contributed by atoms with Gasteiger partial charge in [0, 0.05) is 32.9 Å². The number of aromatic nitrogens is 1. The average molecular weight is 344 g/mol. The predicted molar refractivity (Wildman–Crippen MR) is 85.8 cm³/mol. The van der Waals surface area contributed by atoms with Gasteiger partial charge in [0.05, 0.1) is 16.8 Å². The fourth-order valence-electron chi connectivity index (χ4n) is 1.99. The predicted octanol–water partition coefficient (Wildman–Crippen LogP) is 4.54. The smallest absolute Gasteiger partial charge is 0.100 e. The quantitative estimate of drug-likeness (QED) is 0.759. The molecule has 5 heteroatoms. The summed E-state index contributed by atoms with van der Waals surface area (Å²) in [6.45, 7) is 0.698. The Morgan fingerprint density at radius 2 is 2.25 bits per heavy atom. The number of nitrogens with zero attached hydrogens (tertiary/aromatic N) is 2. The van der Waals surface area contributed by atoms with Gasteiger partial charge >= 0.3 is 0 Å². The first-order valence-electron chi connectivity index (χ1n) is 6.02. The van der Waals surface area contributed by atoms with E-state index < -0.39 is 0 Å². The third-order valence-electron chi connectivity index (χ3n) is 2.91. The summed E-state index contributed by atoms with van der Waals surface area (Å²) in [6.07, 6.45) is 1.80. The summed E-state index contributed by atoms with van der Waals surface area (Å²) in [5.41, 5.74) is 2.67. The maximum absolute atomic E-state index is 8.83. The molecule has 1 aromatic carbocycles. The Labute approximate surface area is 129 Å². The van der Waals surface area contributed by atoms with Gasteiger partial charge in [-0.05, 0) is 34.1 Å². The Morgan fingerprint density at radius 3 is 3.05 bits per heavy atom. The number of fused-ring (bicyclic) bond motifs is 1. The van der Waals surface area contributed by atoms with Crippen LogP contribution in [0.4, 0.5) is 5.69 Å². The zero-order valence-electron chi connectivity index (χ0n) is 10.4. The molecule has 3 aromatic rings. The third-order valence-corrected chi connectivity index (χ3v) is 4.28. The minimum absolute atomic E-state index is 0.698. The fraction of sp³-hybridized carbons (Fsp3) is 0.0667. The molecule has 2 aromatic heterocycles. The second kappa shape index (κ2) is 5.61. The van der Waals surface area contributed by atoms with Crippen molar-refractivity contribution in [2.45, 2.75) is 6.54 Å². The third kappa shape index (κ3) is 2.67. The van der Waals surface area contributed by atoms with E-state index in [0.717, 1.165) is 25.9 Å². The van der Waals surface area contributed by atoms with E-state index in [-0.39, 0.29) is 0 Å². The molecule has 0 saturated carbocycles. The van der Waals surface area contributed by atoms with Crippen LogP contribution in [0.15, 0.2) is 46.4 Å². The molecule has 0 bridgehead atoms. The number of hydrogen-bond acceptors (Lipinski definition) is 4. The molecule has 2 heterocycles. The van der Waals surface area contributed by atoms with E-state index in [9.17, 15) is 0 Å². The molecule has 0 atom stereocenters. The lowest BCUT2D eigenvalue weighted by Crippen LogP contribution is -1.98. The van der Waals surface area contributed by atoms with Crippen molar-refractivity contribution in [1.82, 2.24) is 4.98 Å². The van der Waals surface area contributed by atoms with Crippen LogP contribution >= 0.6 is 27.3 Å². The lowest BCUT2D eigenvalue weighted by molar-refractivity contribution is 1.19. The summed E-state index contributed by atoms with van der Waals surface area (Å²) in [4.78, 5) is 5.59. The molecule has 0 amide bonds. The standard InChI is InChI=1S/C15H10BrN3S/c16-12-5-11-2-1-3-14(15(11)19-7-12)18-8-13-4-10(6-17)9-20-13/h1-5,7,9,18H,8H2. The van der Waals surface area contributed by atoms with Gasteiger partial charge in [0.2, 0.25) is 0 Å². The maximum atomic E-state index is 8.83. The van der Waals surface area contributed by atoms with E-state index in [1.165, 1.54) is 0 Å². The molecular weight excluding hydrogens is 334 g/mol. The molecule has 0 saturated heterocycles. The molecule has 0 aliphatic rings. The van der Waals surface area contributed by atoms with E-state index in [1.807, 2.05) is 35.7 Å². The molecule has 0 unspecified atom stereocenters. The molecule has 98 valence electrons. The Kier molecular flexibility index (Phi) is 3.68. The molecular formula is C15H10BrN3S. The van der Waals surface area contributed by atoms with Crippen molar-refractivity contribution < 1.29 is 0 Å². The lowest BCUT2D eigenvalue weighted by Gasteiger charge is -2.08. The van der Waals surface area contributed by atoms with Crippen LogP contribution in [0.3, 0.4) is 0 Å². The fourth-order valence-corrected chi connectivity index (χ4v) is 3.09. The molecule has 1 N–H and O–H groups in total. The molecule has 20 heavy (non-hydrogen) atoms. The number of thiophene rings is 1. The van der Waals surface area contributed by atoms with E-state index in [4.69, 9.17) is 5.26 Å². The zero-order valence-corrected chi connectivity index (χ0v) is 12.8. The number of nitriles is 1. The van der Waals surface area contributed by atoms with Crippen LogP contribution in [0.5, 0.6) is 0 Å². The molecule has 0 radical (unpaired) electrons. The van der Waals surface area contributed by atoms with E-state index in [2.05, 4.69) is 32.3 Å². The van der Waals surface area contributed by atoms with Crippen LogP contribution in [0, 0.1) is 11.3 Å². The van der Waals surface area contributed by atoms with Crippen molar-refractivity contribution in [2.24, 2.45) is 0 Å². The van der Waals surface area contributed by atoms with Gasteiger partial charge < -0.3 is 5.32 Å². The highest BCUT2D eigenvalue weighted by molar-refractivity contribution is 9.10. The first-order valence-corrected chi connectivity index (χ1v) is 7.69. The second-order valence-corrected chi connectivity index (χ2v) is 6.21. The maximum Gasteiger partial charge on any atom is 0.100 e. The summed E-state index contributed by atoms with van der Waals surface area (Å²) in [5, 5.41) is 15.2. The molecule has 0 aliphatic heterocycles. The highest BCUT2D eigenvalue weighted by Crippen LogP contribution is 2.25. The van der Waals surface area contributed by atoms with E-state index in [0.29, 0.717) is 12.1 Å². The monoisotopic (exact) mass is 343 g/mol. The molecule has 3 nitrogen and oxygen atoms in total. The average Bonchev–Trinajstić information content (AvgIpc) is 2.92. The van der Waals surface area contributed by atoms with E-state index >= 15 is 0 Å². The number of hydrogen-bond donors (Lipinski definition) is 1. The van der Waals surface area contributed by atoms with Gasteiger partial charge in [0.25, 0.3) is 0 Å². The molecule has 0 aliphatic carbocycles. The lowest BCUT2D eigenvalue weighted by atomic mass is 10.2. The van der Waals surface area contributed by atoms with Crippen LogP contribution < -0.4 is 5.32 Å². The Bertz CT molecular complexity index is 804. The molecule has 3 rings (SSSR count). The Hall–Kier alpha value is -1.90. The summed E-state index contributed by atoms with van der Waals surface area (Å²) in [5.74, 6) is 0. The number of benzene rings is 1. The van der Waals surface area contributed by atoms with Crippen molar-refractivity contribution in [3.8, 4) is 6.07 Å². The Morgan fingerprint density at radius 1 is 1.35 bits per heavy atom. The number of rotatable bonds is 3. The minimum Gasteiger partial charge on any atom is -0.378 e. The normalized spacial score (nSPS) is 10.4. The van der Waals surface area contributed by atoms with Crippen molar-refractivity contribution in [3.05, 3.63) is 56.8 Å². The summed E-state index contributed by atoms with van der Waals surface area (Å²) in [7, 11) is 0. The van der Waals surface area contributed by atoms with Crippen molar-refractivity contribution in [1.29, 1.82) is 5.26 Å². The van der Waals surface area contributed by atoms with Crippen LogP contribution in [0.1, 0.15) is 10.4 Å². The number of halogens is 1. The van der Waals surface area contributed by atoms with Gasteiger partial charge in [-0.25, -0.2) is 0 Å². The van der Waals surface area contributed by atoms with Gasteiger partial charge in [0.1, 0.15) is 6.07 Å². The van der Waals surface area contributed by atoms with E-state index in [1.54, 1.807) is 17.5 Å². The molecule has 0 fully saturated rings. The van der Waals surface area contributed by atoms with Crippen LogP contribution in [-0.2, 0) is 6.54 Å². The number of nitrogens with one attached hydrogen (secondary N) is 1.